The summed E-state index contributed by atoms with van der Waals surface area (Å²) in [7, 11) is 0. The molecule has 1 aliphatic heterocycles. The molecule has 0 saturated carbocycles. The Balaban J connectivity index is 1.48. The fraction of sp³-hybridized carbons (Fsp3) is 0.333. The van der Waals surface area contributed by atoms with Gasteiger partial charge in [0.1, 0.15) is 24.4 Å². The summed E-state index contributed by atoms with van der Waals surface area (Å²) in [5.41, 5.74) is 6.31. The molecule has 5 rings (SSSR count). The van der Waals surface area contributed by atoms with Crippen LogP contribution in [0.1, 0.15) is 22.3 Å². The van der Waals surface area contributed by atoms with Crippen LogP contribution in [0.3, 0.4) is 0 Å². The molecule has 0 unspecified atom stereocenters. The summed E-state index contributed by atoms with van der Waals surface area (Å²) in [5, 5.41) is 9.95. The lowest BCUT2D eigenvalue weighted by Crippen LogP contribution is -2.55. The minimum absolute atomic E-state index is 0.0925. The van der Waals surface area contributed by atoms with E-state index in [1.807, 2.05) is 121 Å². The number of hydrogen-bond donors (Lipinski definition) is 2. The van der Waals surface area contributed by atoms with Crippen molar-refractivity contribution in [2.24, 2.45) is 0 Å². The number of rotatable bonds is 18. The summed E-state index contributed by atoms with van der Waals surface area (Å²) in [6.45, 7) is 2.22. The molecule has 4 aromatic carbocycles. The van der Waals surface area contributed by atoms with Crippen molar-refractivity contribution >= 4 is 0 Å². The third kappa shape index (κ3) is 9.79. The summed E-state index contributed by atoms with van der Waals surface area (Å²) in [4.78, 5) is 0. The van der Waals surface area contributed by atoms with Crippen molar-refractivity contribution < 1.29 is 33.6 Å². The number of hydrogen-bond acceptors (Lipinski definition) is 8. The first-order chi connectivity index (χ1) is 21.8. The zero-order valence-corrected chi connectivity index (χ0v) is 24.8. The number of nitrogens with one attached hydrogen (secondary N) is 1. The highest BCUT2D eigenvalue weighted by molar-refractivity contribution is 5.16. The summed E-state index contributed by atoms with van der Waals surface area (Å²) >= 11 is 0. The molecule has 0 radical (unpaired) electrons. The van der Waals surface area contributed by atoms with Crippen LogP contribution in [0.15, 0.2) is 121 Å². The van der Waals surface area contributed by atoms with Crippen LogP contribution < -0.4 is 5.48 Å². The van der Waals surface area contributed by atoms with Gasteiger partial charge < -0.3 is 33.6 Å². The Bertz CT molecular complexity index is 1310. The maximum atomic E-state index is 9.95. The van der Waals surface area contributed by atoms with E-state index in [2.05, 4.69) is 5.48 Å². The lowest BCUT2D eigenvalue weighted by molar-refractivity contribution is -0.238. The monoisotopic (exact) mass is 599 g/mol. The van der Waals surface area contributed by atoms with Gasteiger partial charge in [-0.15, -0.1) is 0 Å². The molecule has 1 heterocycles. The lowest BCUT2D eigenvalue weighted by Gasteiger charge is -2.39. The van der Waals surface area contributed by atoms with E-state index in [-0.39, 0.29) is 6.54 Å². The molecule has 0 amide bonds. The third-order valence-corrected chi connectivity index (χ3v) is 7.39. The van der Waals surface area contributed by atoms with Gasteiger partial charge in [0.25, 0.3) is 0 Å². The summed E-state index contributed by atoms with van der Waals surface area (Å²) in [6, 6.07) is 39.7. The molecule has 232 valence electrons. The maximum Gasteiger partial charge on any atom is 0.186 e. The van der Waals surface area contributed by atoms with Crippen LogP contribution in [-0.4, -0.2) is 55.7 Å². The molecule has 0 aromatic heterocycles. The van der Waals surface area contributed by atoms with Gasteiger partial charge in [0.15, 0.2) is 6.29 Å². The highest BCUT2D eigenvalue weighted by atomic mass is 16.7. The van der Waals surface area contributed by atoms with E-state index < -0.39 is 30.7 Å². The van der Waals surface area contributed by atoms with E-state index in [4.69, 9.17) is 28.4 Å². The van der Waals surface area contributed by atoms with E-state index in [0.29, 0.717) is 39.6 Å². The number of benzene rings is 4. The highest BCUT2D eigenvalue weighted by Gasteiger charge is 2.44. The Morgan fingerprint density at radius 1 is 0.545 bits per heavy atom. The largest absolute Gasteiger partial charge is 0.369 e. The first-order valence-corrected chi connectivity index (χ1v) is 15.0. The van der Waals surface area contributed by atoms with E-state index in [1.54, 1.807) is 0 Å². The molecule has 8 heteroatoms. The van der Waals surface area contributed by atoms with E-state index in [1.165, 1.54) is 0 Å². The lowest BCUT2D eigenvalue weighted by atomic mass is 10.0. The molecule has 0 bridgehead atoms. The van der Waals surface area contributed by atoms with Gasteiger partial charge in [0, 0.05) is 6.54 Å². The van der Waals surface area contributed by atoms with Crippen molar-refractivity contribution in [1.82, 2.24) is 5.48 Å². The Morgan fingerprint density at radius 3 is 1.36 bits per heavy atom. The topological polar surface area (TPSA) is 87.6 Å². The molecular formula is C36H41NO7. The third-order valence-electron chi connectivity index (χ3n) is 7.39. The summed E-state index contributed by atoms with van der Waals surface area (Å²) in [5.74, 6) is 0. The standard InChI is InChI=1S/C36H41NO7/c38-37-23-32(41-24-28-13-5-1-6-14-28)33(42-25-29-15-7-2-8-16-29)34(43-26-30-17-9-3-10-18-30)35(36-39-21-22-40-36)44-27-31-19-11-4-12-20-31/h1-20,32-38H,21-27H2/t32-,33-,34-,35+/m0/s1. The van der Waals surface area contributed by atoms with Crippen molar-refractivity contribution in [1.29, 1.82) is 0 Å². The maximum absolute atomic E-state index is 9.95. The molecule has 2 N–H and O–H groups in total. The highest BCUT2D eigenvalue weighted by Crippen LogP contribution is 2.27. The Morgan fingerprint density at radius 2 is 0.932 bits per heavy atom. The van der Waals surface area contributed by atoms with Gasteiger partial charge in [-0.05, 0) is 22.3 Å². The Kier molecular flexibility index (Phi) is 12.9. The van der Waals surface area contributed by atoms with Gasteiger partial charge in [-0.1, -0.05) is 121 Å². The zero-order chi connectivity index (χ0) is 30.2. The average Bonchev–Trinajstić information content (AvgIpc) is 3.62. The van der Waals surface area contributed by atoms with Crippen LogP contribution >= 0.6 is 0 Å². The first-order valence-electron chi connectivity index (χ1n) is 15.0. The summed E-state index contributed by atoms with van der Waals surface area (Å²) < 4.78 is 38.5. The molecule has 0 spiro atoms. The predicted octanol–water partition coefficient (Wildman–Crippen LogP) is 5.68. The minimum Gasteiger partial charge on any atom is -0.369 e. The van der Waals surface area contributed by atoms with E-state index in [0.717, 1.165) is 22.3 Å². The minimum atomic E-state index is -0.708. The van der Waals surface area contributed by atoms with Gasteiger partial charge in [-0.3, -0.25) is 0 Å². The van der Waals surface area contributed by atoms with Crippen molar-refractivity contribution in [3.8, 4) is 0 Å². The van der Waals surface area contributed by atoms with E-state index in [9.17, 15) is 5.21 Å². The average molecular weight is 600 g/mol. The Hall–Kier alpha value is -3.44. The van der Waals surface area contributed by atoms with Crippen molar-refractivity contribution in [3.63, 3.8) is 0 Å². The number of ether oxygens (including phenoxy) is 6. The van der Waals surface area contributed by atoms with Crippen LogP contribution in [-0.2, 0) is 54.8 Å². The van der Waals surface area contributed by atoms with E-state index >= 15 is 0 Å². The fourth-order valence-electron chi connectivity index (χ4n) is 5.12. The van der Waals surface area contributed by atoms with Gasteiger partial charge in [-0.25, -0.2) is 5.48 Å². The zero-order valence-electron chi connectivity index (χ0n) is 24.8. The van der Waals surface area contributed by atoms with Crippen molar-refractivity contribution in [3.05, 3.63) is 144 Å². The van der Waals surface area contributed by atoms with Crippen molar-refractivity contribution in [2.45, 2.75) is 57.1 Å². The molecule has 4 atom stereocenters. The smallest absolute Gasteiger partial charge is 0.186 e. The normalized spacial score (nSPS) is 16.4. The first kappa shape index (κ1) is 32.0. The molecule has 4 aromatic rings. The second-order valence-corrected chi connectivity index (χ2v) is 10.6. The quantitative estimate of drug-likeness (QED) is 0.141. The molecule has 1 saturated heterocycles. The van der Waals surface area contributed by atoms with Crippen LogP contribution in [0.2, 0.25) is 0 Å². The SMILES string of the molecule is ONC[C@H](OCc1ccccc1)[C@H](OCc1ccccc1)[C@H](OCc1ccccc1)[C@@H](OCc1ccccc1)C1OCCO1. The fourth-order valence-corrected chi connectivity index (χ4v) is 5.12. The van der Waals surface area contributed by atoms with Crippen molar-refractivity contribution in [2.75, 3.05) is 19.8 Å². The second-order valence-electron chi connectivity index (χ2n) is 10.6. The van der Waals surface area contributed by atoms with Gasteiger partial charge >= 0.3 is 0 Å². The van der Waals surface area contributed by atoms with Crippen LogP contribution in [0.5, 0.6) is 0 Å². The second kappa shape index (κ2) is 17.8. The van der Waals surface area contributed by atoms with Gasteiger partial charge in [0.05, 0.1) is 39.6 Å². The van der Waals surface area contributed by atoms with Crippen LogP contribution in [0.25, 0.3) is 0 Å². The molecule has 0 aliphatic carbocycles. The molecule has 1 fully saturated rings. The number of hydroxylamine groups is 1. The van der Waals surface area contributed by atoms with Crippen LogP contribution in [0.4, 0.5) is 0 Å². The van der Waals surface area contributed by atoms with Gasteiger partial charge in [-0.2, -0.15) is 0 Å². The Labute approximate surface area is 259 Å². The summed E-state index contributed by atoms with van der Waals surface area (Å²) in [6.07, 6.45) is -3.40. The molecule has 44 heavy (non-hydrogen) atoms. The molecule has 8 nitrogen and oxygen atoms in total. The van der Waals surface area contributed by atoms with Crippen LogP contribution in [0, 0.1) is 0 Å². The predicted molar refractivity (Wildman–Crippen MR) is 166 cm³/mol. The molecule has 1 aliphatic rings. The van der Waals surface area contributed by atoms with Gasteiger partial charge in [0.2, 0.25) is 0 Å². The molecular weight excluding hydrogens is 558 g/mol.